The summed E-state index contributed by atoms with van der Waals surface area (Å²) in [6.07, 6.45) is 0. The first-order chi connectivity index (χ1) is 12.9. The van der Waals surface area contributed by atoms with E-state index in [0.717, 1.165) is 11.1 Å². The third kappa shape index (κ3) is 4.51. The Morgan fingerprint density at radius 1 is 0.852 bits per heavy atom. The van der Waals surface area contributed by atoms with Crippen molar-refractivity contribution in [3.05, 3.63) is 52.2 Å². The van der Waals surface area contributed by atoms with Gasteiger partial charge in [0.15, 0.2) is 0 Å². The van der Waals surface area contributed by atoms with Crippen molar-refractivity contribution in [2.24, 2.45) is 0 Å². The highest BCUT2D eigenvalue weighted by atomic mass is 16.5. The van der Waals surface area contributed by atoms with Crippen molar-refractivity contribution in [2.45, 2.75) is 41.2 Å². The van der Waals surface area contributed by atoms with Crippen LogP contribution in [0, 0.1) is 13.8 Å². The third-order valence-electron chi connectivity index (χ3n) is 4.18. The first-order valence-electron chi connectivity index (χ1n) is 9.20. The van der Waals surface area contributed by atoms with E-state index in [-0.39, 0.29) is 24.3 Å². The van der Waals surface area contributed by atoms with Crippen LogP contribution < -0.4 is 4.74 Å². The highest BCUT2D eigenvalue weighted by Crippen LogP contribution is 2.32. The lowest BCUT2D eigenvalue weighted by Gasteiger charge is -2.13. The first kappa shape index (κ1) is 20.6. The molecule has 0 unspecified atom stereocenters. The molecule has 1 aromatic heterocycles. The quantitative estimate of drug-likeness (QED) is 0.657. The Balaban J connectivity index is 2.62. The van der Waals surface area contributed by atoms with Crippen LogP contribution in [0.4, 0.5) is 0 Å². The summed E-state index contributed by atoms with van der Waals surface area (Å²) in [5, 5.41) is 0. The van der Waals surface area contributed by atoms with Crippen LogP contribution in [0.3, 0.4) is 0 Å². The van der Waals surface area contributed by atoms with Crippen LogP contribution in [0.15, 0.2) is 24.3 Å². The molecule has 6 nitrogen and oxygen atoms in total. The summed E-state index contributed by atoms with van der Waals surface area (Å²) in [4.78, 5) is 25.2. The molecule has 0 atom stereocenters. The second-order valence-electron chi connectivity index (χ2n) is 6.09. The molecule has 0 fully saturated rings. The van der Waals surface area contributed by atoms with E-state index in [9.17, 15) is 9.59 Å². The fourth-order valence-electron chi connectivity index (χ4n) is 2.91. The molecule has 6 heteroatoms. The lowest BCUT2D eigenvalue weighted by atomic mass is 10.1. The molecule has 0 amide bonds. The van der Waals surface area contributed by atoms with Gasteiger partial charge in [0, 0.05) is 5.69 Å². The van der Waals surface area contributed by atoms with Crippen molar-refractivity contribution >= 4 is 11.9 Å². The van der Waals surface area contributed by atoms with E-state index in [1.807, 2.05) is 42.7 Å². The van der Waals surface area contributed by atoms with Gasteiger partial charge in [-0.1, -0.05) is 29.8 Å². The van der Waals surface area contributed by atoms with Crippen molar-refractivity contribution in [2.75, 3.05) is 19.8 Å². The fourth-order valence-corrected chi connectivity index (χ4v) is 2.91. The van der Waals surface area contributed by atoms with E-state index in [1.54, 1.807) is 20.8 Å². The minimum atomic E-state index is -0.588. The van der Waals surface area contributed by atoms with Gasteiger partial charge in [-0.2, -0.15) is 0 Å². The molecule has 0 aliphatic heterocycles. The van der Waals surface area contributed by atoms with Crippen LogP contribution in [0.2, 0.25) is 0 Å². The van der Waals surface area contributed by atoms with E-state index in [4.69, 9.17) is 14.2 Å². The lowest BCUT2D eigenvalue weighted by molar-refractivity contribution is 0.0476. The predicted octanol–water partition coefficient (Wildman–Crippen LogP) is 3.91. The van der Waals surface area contributed by atoms with Gasteiger partial charge in [-0.3, -0.25) is 0 Å². The van der Waals surface area contributed by atoms with Crippen molar-refractivity contribution in [1.29, 1.82) is 0 Å². The Bertz CT molecular complexity index is 805. The minimum absolute atomic E-state index is 0.127. The lowest BCUT2D eigenvalue weighted by Crippen LogP contribution is -2.14. The van der Waals surface area contributed by atoms with E-state index >= 15 is 0 Å². The Kier molecular flexibility index (Phi) is 7.05. The molecule has 146 valence electrons. The number of carbonyl (C=O) groups excluding carboxylic acids is 2. The van der Waals surface area contributed by atoms with Gasteiger partial charge in [0.1, 0.15) is 5.56 Å². The van der Waals surface area contributed by atoms with E-state index in [2.05, 4.69) is 0 Å². The van der Waals surface area contributed by atoms with Crippen molar-refractivity contribution in [1.82, 2.24) is 4.57 Å². The van der Waals surface area contributed by atoms with Crippen LogP contribution in [0.1, 0.15) is 58.3 Å². The van der Waals surface area contributed by atoms with E-state index < -0.39 is 11.9 Å². The molecule has 1 heterocycles. The third-order valence-corrected chi connectivity index (χ3v) is 4.18. The summed E-state index contributed by atoms with van der Waals surface area (Å²) in [5.74, 6) is -0.812. The summed E-state index contributed by atoms with van der Waals surface area (Å²) in [6.45, 7) is 10.3. The van der Waals surface area contributed by atoms with Gasteiger partial charge >= 0.3 is 11.9 Å². The topological polar surface area (TPSA) is 66.8 Å². The molecule has 0 aliphatic carbocycles. The average Bonchev–Trinajstić information content (AvgIpc) is 2.90. The number of hydrogen-bond donors (Lipinski definition) is 0. The average molecular weight is 373 g/mol. The Hall–Kier alpha value is -2.76. The molecule has 2 rings (SSSR count). The molecule has 0 saturated carbocycles. The molecular formula is C21H27NO5. The largest absolute Gasteiger partial charge is 0.478 e. The van der Waals surface area contributed by atoms with Crippen LogP contribution in [0.25, 0.3) is 0 Å². The van der Waals surface area contributed by atoms with E-state index in [0.29, 0.717) is 24.7 Å². The molecule has 0 spiro atoms. The molecular weight excluding hydrogens is 346 g/mol. The second-order valence-corrected chi connectivity index (χ2v) is 6.09. The molecule has 0 radical (unpaired) electrons. The monoisotopic (exact) mass is 373 g/mol. The smallest absolute Gasteiger partial charge is 0.344 e. The van der Waals surface area contributed by atoms with Gasteiger partial charge in [-0.05, 0) is 40.2 Å². The summed E-state index contributed by atoms with van der Waals surface area (Å²) in [7, 11) is 0. The zero-order valence-corrected chi connectivity index (χ0v) is 16.6. The maximum Gasteiger partial charge on any atom is 0.344 e. The maximum atomic E-state index is 12.6. The summed E-state index contributed by atoms with van der Waals surface area (Å²) in [5.41, 5.74) is 3.13. The molecule has 2 aromatic rings. The number of benzene rings is 1. The van der Waals surface area contributed by atoms with Crippen molar-refractivity contribution in [3.63, 3.8) is 0 Å². The zero-order valence-electron chi connectivity index (χ0n) is 16.6. The fraction of sp³-hybridized carbons (Fsp3) is 0.429. The number of aromatic nitrogens is 1. The summed E-state index contributed by atoms with van der Waals surface area (Å²) < 4.78 is 18.0. The summed E-state index contributed by atoms with van der Waals surface area (Å²) in [6, 6.07) is 8.07. The van der Waals surface area contributed by atoms with Gasteiger partial charge in [-0.15, -0.1) is 0 Å². The molecule has 0 saturated heterocycles. The minimum Gasteiger partial charge on any atom is -0.478 e. The second kappa shape index (κ2) is 9.26. The predicted molar refractivity (Wildman–Crippen MR) is 103 cm³/mol. The van der Waals surface area contributed by atoms with Gasteiger partial charge in [0.2, 0.25) is 5.88 Å². The highest BCUT2D eigenvalue weighted by Gasteiger charge is 2.32. The van der Waals surface area contributed by atoms with Gasteiger partial charge in [-0.25, -0.2) is 9.59 Å². The maximum absolute atomic E-state index is 12.6. The first-order valence-corrected chi connectivity index (χ1v) is 9.20. The molecule has 0 aliphatic rings. The Labute approximate surface area is 160 Å². The number of ether oxygens (including phenoxy) is 3. The molecule has 0 N–H and O–H groups in total. The van der Waals surface area contributed by atoms with Crippen LogP contribution >= 0.6 is 0 Å². The zero-order chi connectivity index (χ0) is 20.0. The molecule has 27 heavy (non-hydrogen) atoms. The molecule has 1 aromatic carbocycles. The summed E-state index contributed by atoms with van der Waals surface area (Å²) >= 11 is 0. The van der Waals surface area contributed by atoms with Crippen molar-refractivity contribution < 1.29 is 23.8 Å². The van der Waals surface area contributed by atoms with Gasteiger partial charge < -0.3 is 18.8 Å². The normalized spacial score (nSPS) is 10.6. The SMILES string of the molecule is CCOC(=O)c1c(C(=O)OCC)c(OCC)n(Cc2ccc(C)cc2)c1C. The number of carbonyl (C=O) groups is 2. The standard InChI is InChI=1S/C21H27NO5/c1-6-25-19-18(21(24)27-8-3)17(20(23)26-7-2)15(5)22(19)13-16-11-9-14(4)10-12-16/h9-12H,6-8,13H2,1-5H3. The molecule has 0 bridgehead atoms. The Morgan fingerprint density at radius 3 is 1.93 bits per heavy atom. The highest BCUT2D eigenvalue weighted by molar-refractivity contribution is 6.06. The van der Waals surface area contributed by atoms with Gasteiger partial charge in [0.25, 0.3) is 0 Å². The number of esters is 2. The van der Waals surface area contributed by atoms with Crippen molar-refractivity contribution in [3.8, 4) is 5.88 Å². The number of hydrogen-bond acceptors (Lipinski definition) is 5. The number of rotatable bonds is 8. The van der Waals surface area contributed by atoms with Crippen LogP contribution in [-0.4, -0.2) is 36.3 Å². The van der Waals surface area contributed by atoms with Gasteiger partial charge in [0.05, 0.1) is 31.9 Å². The van der Waals surface area contributed by atoms with E-state index in [1.165, 1.54) is 0 Å². The Morgan fingerprint density at radius 2 is 1.41 bits per heavy atom. The van der Waals surface area contributed by atoms with Crippen LogP contribution in [-0.2, 0) is 16.0 Å². The van der Waals surface area contributed by atoms with Crippen LogP contribution in [0.5, 0.6) is 5.88 Å². The number of nitrogens with zero attached hydrogens (tertiary/aromatic N) is 1. The number of aryl methyl sites for hydroxylation is 1.